The molecule has 152 valence electrons. The molecule has 3 rings (SSSR count). The van der Waals surface area contributed by atoms with E-state index in [-0.39, 0.29) is 13.2 Å². The predicted octanol–water partition coefficient (Wildman–Crippen LogP) is 2.36. The maximum atomic E-state index is 12.6. The van der Waals surface area contributed by atoms with Gasteiger partial charge in [0.15, 0.2) is 18.5 Å². The van der Waals surface area contributed by atoms with Crippen LogP contribution in [0.4, 0.5) is 0 Å². The number of benzene rings is 2. The molecule has 4 atom stereocenters. The SMILES string of the molecule is C=CCO[C@@H]1OC[C@H](O)[C@@H](OC(=O)c2ccccc2)C1OC(=O)c1ccccc1. The van der Waals surface area contributed by atoms with E-state index in [1.54, 1.807) is 60.7 Å². The maximum Gasteiger partial charge on any atom is 0.338 e. The van der Waals surface area contributed by atoms with Crippen LogP contribution < -0.4 is 0 Å². The van der Waals surface area contributed by atoms with Crippen molar-refractivity contribution in [1.82, 2.24) is 0 Å². The van der Waals surface area contributed by atoms with Gasteiger partial charge >= 0.3 is 11.9 Å². The van der Waals surface area contributed by atoms with Crippen LogP contribution >= 0.6 is 0 Å². The second-order valence-electron chi connectivity index (χ2n) is 6.36. The Morgan fingerprint density at radius 3 is 2.00 bits per heavy atom. The minimum Gasteiger partial charge on any atom is -0.452 e. The first-order chi connectivity index (χ1) is 14.1. The molecule has 1 saturated heterocycles. The summed E-state index contributed by atoms with van der Waals surface area (Å²) in [6.07, 6.45) is -3.05. The highest BCUT2D eigenvalue weighted by Crippen LogP contribution is 2.25. The lowest BCUT2D eigenvalue weighted by atomic mass is 10.0. The Balaban J connectivity index is 1.81. The molecule has 2 aromatic rings. The molecular formula is C22H22O7. The highest BCUT2D eigenvalue weighted by Gasteiger charge is 2.46. The number of aliphatic hydroxyl groups excluding tert-OH is 1. The Morgan fingerprint density at radius 2 is 1.48 bits per heavy atom. The van der Waals surface area contributed by atoms with Gasteiger partial charge in [0.05, 0.1) is 24.3 Å². The zero-order valence-corrected chi connectivity index (χ0v) is 15.7. The molecule has 1 N–H and O–H groups in total. The highest BCUT2D eigenvalue weighted by molar-refractivity contribution is 5.90. The maximum absolute atomic E-state index is 12.6. The lowest BCUT2D eigenvalue weighted by Gasteiger charge is -2.39. The third kappa shape index (κ3) is 5.29. The molecule has 0 radical (unpaired) electrons. The second kappa shape index (κ2) is 9.97. The summed E-state index contributed by atoms with van der Waals surface area (Å²) in [5, 5.41) is 10.4. The molecule has 1 unspecified atom stereocenters. The second-order valence-corrected chi connectivity index (χ2v) is 6.36. The van der Waals surface area contributed by atoms with Crippen molar-refractivity contribution in [2.45, 2.75) is 24.6 Å². The fourth-order valence-corrected chi connectivity index (χ4v) is 2.86. The van der Waals surface area contributed by atoms with Crippen LogP contribution in [-0.4, -0.2) is 54.9 Å². The number of aliphatic hydroxyl groups is 1. The highest BCUT2D eigenvalue weighted by atomic mass is 16.7. The molecule has 7 nitrogen and oxygen atoms in total. The molecule has 2 aromatic carbocycles. The first-order valence-corrected chi connectivity index (χ1v) is 9.14. The lowest BCUT2D eigenvalue weighted by Crippen LogP contribution is -2.57. The van der Waals surface area contributed by atoms with Gasteiger partial charge in [0.2, 0.25) is 0 Å². The van der Waals surface area contributed by atoms with E-state index < -0.39 is 36.5 Å². The van der Waals surface area contributed by atoms with Crippen LogP contribution in [0.2, 0.25) is 0 Å². The van der Waals surface area contributed by atoms with Crippen molar-refractivity contribution in [3.8, 4) is 0 Å². The fraction of sp³-hybridized carbons (Fsp3) is 0.273. The number of esters is 2. The average Bonchev–Trinajstić information content (AvgIpc) is 2.76. The first kappa shape index (κ1) is 20.7. The van der Waals surface area contributed by atoms with Crippen LogP contribution in [0.15, 0.2) is 73.3 Å². The van der Waals surface area contributed by atoms with Gasteiger partial charge in [-0.05, 0) is 24.3 Å². The fourth-order valence-electron chi connectivity index (χ4n) is 2.86. The van der Waals surface area contributed by atoms with Gasteiger partial charge in [-0.1, -0.05) is 42.5 Å². The number of rotatable bonds is 7. The zero-order valence-electron chi connectivity index (χ0n) is 15.7. The summed E-state index contributed by atoms with van der Waals surface area (Å²) in [5.41, 5.74) is 0.617. The van der Waals surface area contributed by atoms with E-state index >= 15 is 0 Å². The Hall–Kier alpha value is -3.00. The topological polar surface area (TPSA) is 91.3 Å². The molecule has 0 aromatic heterocycles. The summed E-state index contributed by atoms with van der Waals surface area (Å²) >= 11 is 0. The summed E-state index contributed by atoms with van der Waals surface area (Å²) in [5.74, 6) is -1.30. The summed E-state index contributed by atoms with van der Waals surface area (Å²) in [4.78, 5) is 25.1. The molecule has 1 aliphatic heterocycles. The number of hydrogen-bond donors (Lipinski definition) is 1. The number of hydrogen-bond acceptors (Lipinski definition) is 7. The normalized spacial score (nSPS) is 23.8. The predicted molar refractivity (Wildman–Crippen MR) is 103 cm³/mol. The van der Waals surface area contributed by atoms with E-state index in [1.165, 1.54) is 6.08 Å². The molecule has 0 saturated carbocycles. The third-order valence-corrected chi connectivity index (χ3v) is 4.29. The van der Waals surface area contributed by atoms with Gasteiger partial charge in [-0.15, -0.1) is 6.58 Å². The minimum atomic E-state index is -1.19. The Bertz CT molecular complexity index is 822. The van der Waals surface area contributed by atoms with Crippen molar-refractivity contribution < 1.29 is 33.6 Å². The third-order valence-electron chi connectivity index (χ3n) is 4.29. The zero-order chi connectivity index (χ0) is 20.6. The molecular weight excluding hydrogens is 376 g/mol. The van der Waals surface area contributed by atoms with Crippen molar-refractivity contribution in [3.63, 3.8) is 0 Å². The van der Waals surface area contributed by atoms with E-state index in [4.69, 9.17) is 18.9 Å². The van der Waals surface area contributed by atoms with Crippen LogP contribution in [0, 0.1) is 0 Å². The van der Waals surface area contributed by atoms with Gasteiger partial charge in [-0.3, -0.25) is 0 Å². The van der Waals surface area contributed by atoms with Gasteiger partial charge in [0.25, 0.3) is 0 Å². The van der Waals surface area contributed by atoms with Crippen molar-refractivity contribution in [1.29, 1.82) is 0 Å². The minimum absolute atomic E-state index is 0.125. The van der Waals surface area contributed by atoms with Crippen molar-refractivity contribution in [2.24, 2.45) is 0 Å². The van der Waals surface area contributed by atoms with E-state index in [1.807, 2.05) is 0 Å². The molecule has 1 fully saturated rings. The Labute approximate surface area is 168 Å². The van der Waals surface area contributed by atoms with E-state index in [0.29, 0.717) is 11.1 Å². The monoisotopic (exact) mass is 398 g/mol. The molecule has 0 spiro atoms. The Kier molecular flexibility index (Phi) is 7.13. The standard InChI is InChI=1S/C22H22O7/c1-2-13-26-22-19(29-21(25)16-11-7-4-8-12-16)18(17(23)14-27-22)28-20(24)15-9-5-3-6-10-15/h2-12,17-19,22-23H,1,13-14H2/t17-,18+,19?,22+/m0/s1. The van der Waals surface area contributed by atoms with Crippen LogP contribution in [0.3, 0.4) is 0 Å². The van der Waals surface area contributed by atoms with Crippen LogP contribution in [0.25, 0.3) is 0 Å². The lowest BCUT2D eigenvalue weighted by molar-refractivity contribution is -0.265. The van der Waals surface area contributed by atoms with Gasteiger partial charge < -0.3 is 24.1 Å². The summed E-state index contributed by atoms with van der Waals surface area (Å²) in [6, 6.07) is 16.7. The summed E-state index contributed by atoms with van der Waals surface area (Å²) < 4.78 is 22.0. The Morgan fingerprint density at radius 1 is 0.966 bits per heavy atom. The average molecular weight is 398 g/mol. The molecule has 0 amide bonds. The van der Waals surface area contributed by atoms with E-state index in [0.717, 1.165) is 0 Å². The number of carbonyl (C=O) groups is 2. The number of carbonyl (C=O) groups excluding carboxylic acids is 2. The van der Waals surface area contributed by atoms with Crippen LogP contribution in [0.1, 0.15) is 20.7 Å². The molecule has 1 heterocycles. The van der Waals surface area contributed by atoms with Gasteiger partial charge in [-0.25, -0.2) is 9.59 Å². The van der Waals surface area contributed by atoms with Crippen LogP contribution in [-0.2, 0) is 18.9 Å². The van der Waals surface area contributed by atoms with Gasteiger partial charge in [-0.2, -0.15) is 0 Å². The molecule has 7 heteroatoms. The van der Waals surface area contributed by atoms with E-state index in [2.05, 4.69) is 6.58 Å². The summed E-state index contributed by atoms with van der Waals surface area (Å²) in [7, 11) is 0. The van der Waals surface area contributed by atoms with Gasteiger partial charge in [0.1, 0.15) is 6.10 Å². The summed E-state index contributed by atoms with van der Waals surface area (Å²) in [6.45, 7) is 3.56. The van der Waals surface area contributed by atoms with Crippen LogP contribution in [0.5, 0.6) is 0 Å². The largest absolute Gasteiger partial charge is 0.452 e. The molecule has 0 aliphatic carbocycles. The van der Waals surface area contributed by atoms with Crippen molar-refractivity contribution in [2.75, 3.05) is 13.2 Å². The quantitative estimate of drug-likeness (QED) is 0.565. The van der Waals surface area contributed by atoms with E-state index in [9.17, 15) is 14.7 Å². The smallest absolute Gasteiger partial charge is 0.338 e. The van der Waals surface area contributed by atoms with Gasteiger partial charge in [0, 0.05) is 0 Å². The van der Waals surface area contributed by atoms with Crippen molar-refractivity contribution >= 4 is 11.9 Å². The molecule has 29 heavy (non-hydrogen) atoms. The molecule has 1 aliphatic rings. The van der Waals surface area contributed by atoms with Crippen molar-refractivity contribution in [3.05, 3.63) is 84.4 Å². The first-order valence-electron chi connectivity index (χ1n) is 9.14. The molecule has 0 bridgehead atoms. The number of ether oxygens (including phenoxy) is 4.